The summed E-state index contributed by atoms with van der Waals surface area (Å²) in [7, 11) is 0. The first-order valence-corrected chi connectivity index (χ1v) is 4.60. The van der Waals surface area contributed by atoms with Gasteiger partial charge in [0.2, 0.25) is 0 Å². The summed E-state index contributed by atoms with van der Waals surface area (Å²) >= 11 is 0. The Labute approximate surface area is 94.9 Å². The minimum absolute atomic E-state index is 0.256. The molecule has 17 heavy (non-hydrogen) atoms. The van der Waals surface area contributed by atoms with Crippen LogP contribution in [0.1, 0.15) is 5.69 Å². The average Bonchev–Trinajstić information content (AvgIpc) is 2.29. The summed E-state index contributed by atoms with van der Waals surface area (Å²) in [5.74, 6) is 0.256. The summed E-state index contributed by atoms with van der Waals surface area (Å²) in [6.07, 6.45) is -3.52. The number of nitrogens with zero attached hydrogens (tertiary/aromatic N) is 2. The Hall–Kier alpha value is -2.11. The second-order valence-corrected chi connectivity index (χ2v) is 3.05. The molecule has 1 heterocycles. The quantitative estimate of drug-likeness (QED) is 0.807. The smallest absolute Gasteiger partial charge is 0.424 e. The van der Waals surface area contributed by atoms with Crippen LogP contribution in [0.2, 0.25) is 0 Å². The van der Waals surface area contributed by atoms with Crippen LogP contribution in [0.3, 0.4) is 0 Å². The molecule has 2 rings (SSSR count). The van der Waals surface area contributed by atoms with Crippen molar-refractivity contribution in [3.63, 3.8) is 0 Å². The molecule has 0 bridgehead atoms. The number of para-hydroxylation sites is 1. The molecule has 0 spiro atoms. The molecular formula is C11H6F3N2O. The molecule has 3 nitrogen and oxygen atoms in total. The van der Waals surface area contributed by atoms with E-state index in [9.17, 15) is 13.2 Å². The number of halogens is 3. The van der Waals surface area contributed by atoms with Crippen molar-refractivity contribution in [1.82, 2.24) is 9.97 Å². The zero-order valence-corrected chi connectivity index (χ0v) is 8.40. The van der Waals surface area contributed by atoms with Crippen LogP contribution < -0.4 is 4.74 Å². The maximum absolute atomic E-state index is 12.4. The Balaban J connectivity index is 2.23. The molecule has 1 radical (unpaired) electrons. The van der Waals surface area contributed by atoms with Gasteiger partial charge < -0.3 is 4.74 Å². The second-order valence-electron chi connectivity index (χ2n) is 3.05. The summed E-state index contributed by atoms with van der Waals surface area (Å²) in [6, 6.07) is 9.60. The Kier molecular flexibility index (Phi) is 2.95. The van der Waals surface area contributed by atoms with E-state index in [4.69, 9.17) is 4.74 Å². The average molecular weight is 239 g/mol. The third kappa shape index (κ3) is 2.93. The van der Waals surface area contributed by atoms with Crippen LogP contribution in [-0.2, 0) is 6.18 Å². The van der Waals surface area contributed by atoms with Gasteiger partial charge in [-0.1, -0.05) is 18.2 Å². The van der Waals surface area contributed by atoms with E-state index in [0.29, 0.717) is 0 Å². The number of benzene rings is 1. The fourth-order valence-corrected chi connectivity index (χ4v) is 1.09. The van der Waals surface area contributed by atoms with Gasteiger partial charge in [0.1, 0.15) is 5.75 Å². The van der Waals surface area contributed by atoms with Gasteiger partial charge in [-0.15, -0.1) is 0 Å². The molecular weight excluding hydrogens is 233 g/mol. The molecule has 0 unspecified atom stereocenters. The maximum Gasteiger partial charge on any atom is 0.433 e. The Morgan fingerprint density at radius 1 is 1.18 bits per heavy atom. The highest BCUT2D eigenvalue weighted by Crippen LogP contribution is 2.28. The van der Waals surface area contributed by atoms with Crippen LogP contribution in [0.15, 0.2) is 36.5 Å². The zero-order valence-electron chi connectivity index (χ0n) is 8.40. The van der Waals surface area contributed by atoms with Gasteiger partial charge >= 0.3 is 12.2 Å². The molecule has 0 fully saturated rings. The van der Waals surface area contributed by atoms with Gasteiger partial charge in [-0.25, -0.2) is 4.98 Å². The van der Waals surface area contributed by atoms with E-state index >= 15 is 0 Å². The Morgan fingerprint density at radius 3 is 2.65 bits per heavy atom. The molecule has 0 aliphatic heterocycles. The van der Waals surface area contributed by atoms with Crippen LogP contribution >= 0.6 is 0 Å². The predicted molar refractivity (Wildman–Crippen MR) is 52.4 cm³/mol. The third-order valence-electron chi connectivity index (χ3n) is 1.81. The second kappa shape index (κ2) is 4.40. The monoisotopic (exact) mass is 239 g/mol. The van der Waals surface area contributed by atoms with Crippen molar-refractivity contribution in [2.75, 3.05) is 0 Å². The number of hydrogen-bond acceptors (Lipinski definition) is 3. The van der Waals surface area contributed by atoms with Gasteiger partial charge in [0.25, 0.3) is 0 Å². The van der Waals surface area contributed by atoms with Gasteiger partial charge in [-0.05, 0) is 12.1 Å². The maximum atomic E-state index is 12.4. The van der Waals surface area contributed by atoms with Gasteiger partial charge in [-0.3, -0.25) is 0 Å². The molecule has 0 aliphatic rings. The fraction of sp³-hybridized carbons (Fsp3) is 0.0909. The highest BCUT2D eigenvalue weighted by molar-refractivity contribution is 5.23. The van der Waals surface area contributed by atoms with E-state index in [-0.39, 0.29) is 11.8 Å². The van der Waals surface area contributed by atoms with E-state index in [1.807, 2.05) is 0 Å². The SMILES string of the molecule is FC(F)(F)c1ccnc(Oc2[c]cccc2)n1. The van der Waals surface area contributed by atoms with Crippen molar-refractivity contribution in [2.45, 2.75) is 6.18 Å². The zero-order chi connectivity index (χ0) is 12.3. The van der Waals surface area contributed by atoms with Crippen LogP contribution in [0, 0.1) is 6.07 Å². The first kappa shape index (κ1) is 11.4. The van der Waals surface area contributed by atoms with Crippen LogP contribution in [-0.4, -0.2) is 9.97 Å². The van der Waals surface area contributed by atoms with Gasteiger partial charge in [-0.2, -0.15) is 18.2 Å². The van der Waals surface area contributed by atoms with Crippen LogP contribution in [0.5, 0.6) is 11.8 Å². The van der Waals surface area contributed by atoms with E-state index < -0.39 is 11.9 Å². The normalized spacial score (nSPS) is 11.2. The molecule has 0 amide bonds. The van der Waals surface area contributed by atoms with Crippen LogP contribution in [0.4, 0.5) is 13.2 Å². The summed E-state index contributed by atoms with van der Waals surface area (Å²) in [6.45, 7) is 0. The summed E-state index contributed by atoms with van der Waals surface area (Å²) in [4.78, 5) is 6.86. The van der Waals surface area contributed by atoms with Crippen molar-refractivity contribution >= 4 is 0 Å². The molecule has 0 saturated heterocycles. The first-order chi connectivity index (χ1) is 8.05. The lowest BCUT2D eigenvalue weighted by atomic mass is 10.3. The lowest BCUT2D eigenvalue weighted by Gasteiger charge is -2.07. The number of rotatable bonds is 2. The highest BCUT2D eigenvalue weighted by atomic mass is 19.4. The van der Waals surface area contributed by atoms with Crippen molar-refractivity contribution in [2.24, 2.45) is 0 Å². The topological polar surface area (TPSA) is 35.0 Å². The Bertz CT molecular complexity index is 500. The van der Waals surface area contributed by atoms with Gasteiger partial charge in [0, 0.05) is 12.3 Å². The first-order valence-electron chi connectivity index (χ1n) is 4.60. The van der Waals surface area contributed by atoms with E-state index in [2.05, 4.69) is 16.0 Å². The molecule has 6 heteroatoms. The predicted octanol–water partition coefficient (Wildman–Crippen LogP) is 3.09. The molecule has 1 aromatic carbocycles. The lowest BCUT2D eigenvalue weighted by Crippen LogP contribution is -2.08. The minimum Gasteiger partial charge on any atom is -0.424 e. The van der Waals surface area contributed by atoms with Crippen LogP contribution in [0.25, 0.3) is 0 Å². The van der Waals surface area contributed by atoms with E-state index in [1.54, 1.807) is 24.3 Å². The van der Waals surface area contributed by atoms with Crippen molar-refractivity contribution < 1.29 is 17.9 Å². The molecule has 0 aliphatic carbocycles. The largest absolute Gasteiger partial charge is 0.433 e. The van der Waals surface area contributed by atoms with Crippen molar-refractivity contribution in [3.05, 3.63) is 48.3 Å². The van der Waals surface area contributed by atoms with Crippen molar-refractivity contribution in [1.29, 1.82) is 0 Å². The highest BCUT2D eigenvalue weighted by Gasteiger charge is 2.33. The lowest BCUT2D eigenvalue weighted by molar-refractivity contribution is -0.141. The van der Waals surface area contributed by atoms with E-state index in [1.165, 1.54) is 0 Å². The van der Waals surface area contributed by atoms with Gasteiger partial charge in [0.15, 0.2) is 5.69 Å². The number of ether oxygens (including phenoxy) is 1. The number of alkyl halides is 3. The molecule has 2 aromatic rings. The number of aromatic nitrogens is 2. The van der Waals surface area contributed by atoms with Gasteiger partial charge in [0.05, 0.1) is 0 Å². The fourth-order valence-electron chi connectivity index (χ4n) is 1.09. The summed E-state index contributed by atoms with van der Waals surface area (Å²) in [5.41, 5.74) is -1.04. The molecule has 0 saturated carbocycles. The standard InChI is InChI=1S/C11H6F3N2O/c12-11(13,14)9-6-7-15-10(16-9)17-8-4-2-1-3-5-8/h1-4,6-7H. The minimum atomic E-state index is -4.51. The molecule has 0 atom stereocenters. The summed E-state index contributed by atoms with van der Waals surface area (Å²) < 4.78 is 42.1. The molecule has 87 valence electrons. The summed E-state index contributed by atoms with van der Waals surface area (Å²) in [5, 5.41) is 0. The molecule has 1 aromatic heterocycles. The third-order valence-corrected chi connectivity index (χ3v) is 1.81. The Morgan fingerprint density at radius 2 is 2.00 bits per heavy atom. The van der Waals surface area contributed by atoms with E-state index in [0.717, 1.165) is 12.3 Å². The van der Waals surface area contributed by atoms with Crippen molar-refractivity contribution in [3.8, 4) is 11.8 Å². The number of hydrogen-bond donors (Lipinski definition) is 0. The molecule has 0 N–H and O–H groups in total.